The molecule has 0 aliphatic carbocycles. The number of aromatic nitrogens is 1. The fourth-order valence-electron chi connectivity index (χ4n) is 2.05. The molecule has 0 aliphatic heterocycles. The summed E-state index contributed by atoms with van der Waals surface area (Å²) in [4.78, 5) is 16.1. The van der Waals surface area contributed by atoms with Crippen molar-refractivity contribution in [2.45, 2.75) is 27.2 Å². The number of nitrogens with zero attached hydrogens (tertiary/aromatic N) is 1. The lowest BCUT2D eigenvalue weighted by Gasteiger charge is -2.08. The molecule has 98 valence electrons. The smallest absolute Gasteiger partial charge is 0.228 e. The summed E-state index contributed by atoms with van der Waals surface area (Å²) < 4.78 is 0. The van der Waals surface area contributed by atoms with Crippen LogP contribution in [-0.2, 0) is 11.2 Å². The molecule has 0 bridgehead atoms. The average molecular weight is 254 g/mol. The summed E-state index contributed by atoms with van der Waals surface area (Å²) in [7, 11) is 0. The Balaban J connectivity index is 2.05. The van der Waals surface area contributed by atoms with E-state index < -0.39 is 0 Å². The SMILES string of the molecule is Cc1ccc(CC(=O)Nc2ccnc(C)c2)c(C)c1. The molecular formula is C16H18N2O. The van der Waals surface area contributed by atoms with E-state index in [1.807, 2.05) is 32.0 Å². The first-order valence-electron chi connectivity index (χ1n) is 6.33. The summed E-state index contributed by atoms with van der Waals surface area (Å²) in [5.74, 6) is -0.00227. The fraction of sp³-hybridized carbons (Fsp3) is 0.250. The molecule has 0 spiro atoms. The monoisotopic (exact) mass is 254 g/mol. The Labute approximate surface area is 113 Å². The number of carbonyl (C=O) groups is 1. The molecule has 1 aromatic heterocycles. The minimum atomic E-state index is -0.00227. The molecule has 2 rings (SSSR count). The summed E-state index contributed by atoms with van der Waals surface area (Å²) >= 11 is 0. The summed E-state index contributed by atoms with van der Waals surface area (Å²) in [6.45, 7) is 5.99. The van der Waals surface area contributed by atoms with Crippen molar-refractivity contribution in [2.24, 2.45) is 0 Å². The van der Waals surface area contributed by atoms with Gasteiger partial charge in [-0.05, 0) is 44.0 Å². The standard InChI is InChI=1S/C16H18N2O/c1-11-4-5-14(12(2)8-11)10-16(19)18-15-6-7-17-13(3)9-15/h4-9H,10H2,1-3H3,(H,17,18,19). The Kier molecular flexibility index (Phi) is 3.95. The first kappa shape index (κ1) is 13.3. The number of pyridine rings is 1. The molecule has 2 aromatic rings. The second-order valence-corrected chi connectivity index (χ2v) is 4.84. The Morgan fingerprint density at radius 2 is 1.95 bits per heavy atom. The molecule has 3 heteroatoms. The molecule has 0 unspecified atom stereocenters. The van der Waals surface area contributed by atoms with E-state index >= 15 is 0 Å². The summed E-state index contributed by atoms with van der Waals surface area (Å²) in [6.07, 6.45) is 2.09. The van der Waals surface area contributed by atoms with Crippen LogP contribution in [0.15, 0.2) is 36.5 Å². The van der Waals surface area contributed by atoms with Crippen LogP contribution in [-0.4, -0.2) is 10.9 Å². The van der Waals surface area contributed by atoms with Crippen LogP contribution in [0.3, 0.4) is 0 Å². The van der Waals surface area contributed by atoms with Crippen LogP contribution >= 0.6 is 0 Å². The lowest BCUT2D eigenvalue weighted by Crippen LogP contribution is -2.15. The van der Waals surface area contributed by atoms with Gasteiger partial charge in [0.25, 0.3) is 0 Å². The van der Waals surface area contributed by atoms with Crippen LogP contribution < -0.4 is 5.32 Å². The third kappa shape index (κ3) is 3.65. The maximum Gasteiger partial charge on any atom is 0.228 e. The van der Waals surface area contributed by atoms with Gasteiger partial charge < -0.3 is 5.32 Å². The molecule has 1 N–H and O–H groups in total. The molecule has 3 nitrogen and oxygen atoms in total. The third-order valence-electron chi connectivity index (χ3n) is 3.03. The normalized spacial score (nSPS) is 10.3. The van der Waals surface area contributed by atoms with E-state index in [2.05, 4.69) is 23.3 Å². The third-order valence-corrected chi connectivity index (χ3v) is 3.03. The predicted molar refractivity (Wildman–Crippen MR) is 77.2 cm³/mol. The van der Waals surface area contributed by atoms with Crippen molar-refractivity contribution in [1.29, 1.82) is 0 Å². The zero-order valence-electron chi connectivity index (χ0n) is 11.5. The van der Waals surface area contributed by atoms with Gasteiger partial charge in [0, 0.05) is 17.6 Å². The molecule has 1 amide bonds. The van der Waals surface area contributed by atoms with Crippen molar-refractivity contribution in [3.63, 3.8) is 0 Å². The summed E-state index contributed by atoms with van der Waals surface area (Å²) in [5, 5.41) is 2.89. The van der Waals surface area contributed by atoms with Gasteiger partial charge in [0.15, 0.2) is 0 Å². The van der Waals surface area contributed by atoms with Crippen LogP contribution in [0, 0.1) is 20.8 Å². The van der Waals surface area contributed by atoms with E-state index in [1.54, 1.807) is 12.3 Å². The van der Waals surface area contributed by atoms with Gasteiger partial charge in [-0.15, -0.1) is 0 Å². The van der Waals surface area contributed by atoms with Gasteiger partial charge in [-0.3, -0.25) is 9.78 Å². The maximum absolute atomic E-state index is 12.0. The Morgan fingerprint density at radius 1 is 1.16 bits per heavy atom. The molecule has 1 aromatic carbocycles. The van der Waals surface area contributed by atoms with Gasteiger partial charge in [0.1, 0.15) is 0 Å². The molecule has 1 heterocycles. The van der Waals surface area contributed by atoms with E-state index in [-0.39, 0.29) is 5.91 Å². The lowest BCUT2D eigenvalue weighted by molar-refractivity contribution is -0.115. The van der Waals surface area contributed by atoms with Crippen molar-refractivity contribution < 1.29 is 4.79 Å². The topological polar surface area (TPSA) is 42.0 Å². The molecular weight excluding hydrogens is 236 g/mol. The highest BCUT2D eigenvalue weighted by atomic mass is 16.1. The largest absolute Gasteiger partial charge is 0.326 e. The minimum absolute atomic E-state index is 0.00227. The highest BCUT2D eigenvalue weighted by molar-refractivity contribution is 5.92. The molecule has 19 heavy (non-hydrogen) atoms. The van der Waals surface area contributed by atoms with Crippen molar-refractivity contribution >= 4 is 11.6 Å². The van der Waals surface area contributed by atoms with Gasteiger partial charge in [0.2, 0.25) is 5.91 Å². The molecule has 0 saturated heterocycles. The molecule has 0 atom stereocenters. The quantitative estimate of drug-likeness (QED) is 0.914. The molecule has 0 saturated carbocycles. The Bertz CT molecular complexity index is 605. The first-order valence-corrected chi connectivity index (χ1v) is 6.33. The van der Waals surface area contributed by atoms with Crippen LogP contribution in [0.2, 0.25) is 0 Å². The molecule has 0 radical (unpaired) electrons. The second-order valence-electron chi connectivity index (χ2n) is 4.84. The second kappa shape index (κ2) is 5.65. The number of hydrogen-bond acceptors (Lipinski definition) is 2. The Hall–Kier alpha value is -2.16. The van der Waals surface area contributed by atoms with Gasteiger partial charge in [-0.2, -0.15) is 0 Å². The van der Waals surface area contributed by atoms with Crippen molar-refractivity contribution in [2.75, 3.05) is 5.32 Å². The van der Waals surface area contributed by atoms with Gasteiger partial charge in [0.05, 0.1) is 6.42 Å². The van der Waals surface area contributed by atoms with Crippen LogP contribution in [0.5, 0.6) is 0 Å². The first-order chi connectivity index (χ1) is 9.04. The van der Waals surface area contributed by atoms with Gasteiger partial charge >= 0.3 is 0 Å². The van der Waals surface area contributed by atoms with E-state index in [9.17, 15) is 4.79 Å². The molecule has 0 fully saturated rings. The number of rotatable bonds is 3. The number of nitrogens with one attached hydrogen (secondary N) is 1. The molecule has 0 aliphatic rings. The number of aryl methyl sites for hydroxylation is 3. The van der Waals surface area contributed by atoms with Crippen molar-refractivity contribution in [3.8, 4) is 0 Å². The number of anilines is 1. The minimum Gasteiger partial charge on any atom is -0.326 e. The summed E-state index contributed by atoms with van der Waals surface area (Å²) in [6, 6.07) is 9.81. The number of hydrogen-bond donors (Lipinski definition) is 1. The predicted octanol–water partition coefficient (Wildman–Crippen LogP) is 3.19. The van der Waals surface area contributed by atoms with E-state index in [1.165, 1.54) is 5.56 Å². The van der Waals surface area contributed by atoms with E-state index in [0.29, 0.717) is 6.42 Å². The summed E-state index contributed by atoms with van der Waals surface area (Å²) in [5.41, 5.74) is 5.12. The van der Waals surface area contributed by atoms with Crippen molar-refractivity contribution in [3.05, 3.63) is 58.9 Å². The van der Waals surface area contributed by atoms with Crippen molar-refractivity contribution in [1.82, 2.24) is 4.98 Å². The maximum atomic E-state index is 12.0. The van der Waals surface area contributed by atoms with E-state index in [0.717, 1.165) is 22.5 Å². The fourth-order valence-corrected chi connectivity index (χ4v) is 2.05. The lowest BCUT2D eigenvalue weighted by atomic mass is 10.0. The number of amides is 1. The van der Waals surface area contributed by atoms with E-state index in [4.69, 9.17) is 0 Å². The van der Waals surface area contributed by atoms with Crippen LogP contribution in [0.4, 0.5) is 5.69 Å². The van der Waals surface area contributed by atoms with Crippen LogP contribution in [0.25, 0.3) is 0 Å². The van der Waals surface area contributed by atoms with Gasteiger partial charge in [-0.25, -0.2) is 0 Å². The Morgan fingerprint density at radius 3 is 2.63 bits per heavy atom. The number of carbonyl (C=O) groups excluding carboxylic acids is 1. The van der Waals surface area contributed by atoms with Crippen LogP contribution in [0.1, 0.15) is 22.4 Å². The average Bonchev–Trinajstić information content (AvgIpc) is 2.33. The van der Waals surface area contributed by atoms with Gasteiger partial charge in [-0.1, -0.05) is 23.8 Å². The zero-order chi connectivity index (χ0) is 13.8. The zero-order valence-corrected chi connectivity index (χ0v) is 11.5. The number of benzene rings is 1. The highest BCUT2D eigenvalue weighted by Gasteiger charge is 2.06. The highest BCUT2D eigenvalue weighted by Crippen LogP contribution is 2.13.